The molecule has 4 aromatic rings. The van der Waals surface area contributed by atoms with Crippen molar-refractivity contribution in [2.24, 2.45) is 4.99 Å². The monoisotopic (exact) mass is 434 g/mol. The van der Waals surface area contributed by atoms with Gasteiger partial charge in [0.2, 0.25) is 0 Å². The van der Waals surface area contributed by atoms with Crippen LogP contribution in [0.3, 0.4) is 0 Å². The van der Waals surface area contributed by atoms with Gasteiger partial charge in [-0.3, -0.25) is 15.0 Å². The van der Waals surface area contributed by atoms with E-state index in [1.54, 1.807) is 12.4 Å². The lowest BCUT2D eigenvalue weighted by Crippen LogP contribution is -1.93. The van der Waals surface area contributed by atoms with Crippen LogP contribution in [0.4, 0.5) is 5.69 Å². The molecule has 4 rings (SSSR count). The highest BCUT2D eigenvalue weighted by molar-refractivity contribution is 5.95. The summed E-state index contributed by atoms with van der Waals surface area (Å²) in [6.45, 7) is 10.3. The Kier molecular flexibility index (Phi) is 8.36. The Morgan fingerprint density at radius 1 is 0.697 bits per heavy atom. The van der Waals surface area contributed by atoms with Gasteiger partial charge in [0, 0.05) is 18.1 Å². The van der Waals surface area contributed by atoms with Crippen molar-refractivity contribution >= 4 is 11.4 Å². The van der Waals surface area contributed by atoms with Gasteiger partial charge < -0.3 is 0 Å². The van der Waals surface area contributed by atoms with E-state index in [-0.39, 0.29) is 0 Å². The lowest BCUT2D eigenvalue weighted by Gasteiger charge is -2.06. The second-order valence-corrected chi connectivity index (χ2v) is 8.11. The quantitative estimate of drug-likeness (QED) is 0.311. The van der Waals surface area contributed by atoms with E-state index in [1.165, 1.54) is 11.1 Å². The summed E-state index contributed by atoms with van der Waals surface area (Å²) in [5.74, 6) is 0. The highest BCUT2D eigenvalue weighted by Crippen LogP contribution is 2.22. The molecule has 1 aromatic carbocycles. The van der Waals surface area contributed by atoms with E-state index >= 15 is 0 Å². The summed E-state index contributed by atoms with van der Waals surface area (Å²) in [5.41, 5.74) is 9.27. The molecule has 0 saturated carbocycles. The first-order chi connectivity index (χ1) is 15.9. The van der Waals surface area contributed by atoms with Crippen molar-refractivity contribution < 1.29 is 0 Å². The lowest BCUT2D eigenvalue weighted by atomic mass is 10.1. The number of rotatable bonds is 4. The van der Waals surface area contributed by atoms with E-state index in [2.05, 4.69) is 59.8 Å². The summed E-state index contributed by atoms with van der Waals surface area (Å²) in [7, 11) is 0. The number of pyridine rings is 3. The second kappa shape index (κ2) is 11.6. The third-order valence-electron chi connectivity index (χ3n) is 4.73. The topological polar surface area (TPSA) is 51.0 Å². The predicted octanol–water partition coefficient (Wildman–Crippen LogP) is 7.57. The molecular formula is C29H30N4. The second-order valence-electron chi connectivity index (χ2n) is 8.11. The summed E-state index contributed by atoms with van der Waals surface area (Å²) in [4.78, 5) is 17.9. The fourth-order valence-corrected chi connectivity index (χ4v) is 3.29. The lowest BCUT2D eigenvalue weighted by molar-refractivity contribution is 1.20. The summed E-state index contributed by atoms with van der Waals surface area (Å²) in [6, 6.07) is 23.9. The smallest absolute Gasteiger partial charge is 0.0896 e. The standard InChI is InChI=1S/C16H13N3.C13H17N/c1-12-10-15(13-6-2-4-8-17-13)19-16(11-12)14-7-3-5-9-18-14;1-10(2)9-12(4)14-13-8-6-5-7-11(13)3/h2-11H,1H3;5-9H,1-4H3. The van der Waals surface area contributed by atoms with E-state index in [4.69, 9.17) is 0 Å². The zero-order valence-electron chi connectivity index (χ0n) is 19.9. The van der Waals surface area contributed by atoms with Gasteiger partial charge in [-0.2, -0.15) is 0 Å². The van der Waals surface area contributed by atoms with Crippen LogP contribution in [0, 0.1) is 13.8 Å². The number of benzene rings is 1. The number of aromatic nitrogens is 3. The minimum Gasteiger partial charge on any atom is -0.255 e. The zero-order chi connectivity index (χ0) is 23.6. The summed E-state index contributed by atoms with van der Waals surface area (Å²) < 4.78 is 0. The molecule has 0 aliphatic rings. The highest BCUT2D eigenvalue weighted by Gasteiger charge is 2.06. The molecule has 0 radical (unpaired) electrons. The van der Waals surface area contributed by atoms with Crippen molar-refractivity contribution in [3.8, 4) is 22.8 Å². The SMILES string of the molecule is CC(C)=CC(C)=Nc1ccccc1C.Cc1cc(-c2ccccn2)nc(-c2ccccn2)c1. The Labute approximate surface area is 196 Å². The molecule has 0 fully saturated rings. The fourth-order valence-electron chi connectivity index (χ4n) is 3.29. The van der Waals surface area contributed by atoms with Crippen LogP contribution in [0.15, 0.2) is 102 Å². The van der Waals surface area contributed by atoms with Crippen LogP contribution < -0.4 is 0 Å². The number of para-hydroxylation sites is 1. The molecular weight excluding hydrogens is 404 g/mol. The average molecular weight is 435 g/mol. The summed E-state index contributed by atoms with van der Waals surface area (Å²) >= 11 is 0. The van der Waals surface area contributed by atoms with Crippen LogP contribution in [0.2, 0.25) is 0 Å². The Morgan fingerprint density at radius 2 is 1.24 bits per heavy atom. The van der Waals surface area contributed by atoms with Gasteiger partial charge in [0.1, 0.15) is 0 Å². The number of allylic oxidation sites excluding steroid dienone is 2. The van der Waals surface area contributed by atoms with Crippen molar-refractivity contribution in [2.45, 2.75) is 34.6 Å². The summed E-state index contributed by atoms with van der Waals surface area (Å²) in [6.07, 6.45) is 5.64. The first-order valence-electron chi connectivity index (χ1n) is 11.0. The van der Waals surface area contributed by atoms with Crippen molar-refractivity contribution in [1.82, 2.24) is 15.0 Å². The van der Waals surface area contributed by atoms with Crippen molar-refractivity contribution in [1.29, 1.82) is 0 Å². The molecule has 0 saturated heterocycles. The molecule has 0 N–H and O–H groups in total. The van der Waals surface area contributed by atoms with Gasteiger partial charge in [0.25, 0.3) is 0 Å². The Hall–Kier alpha value is -3.92. The number of hydrogen-bond acceptors (Lipinski definition) is 4. The molecule has 0 aliphatic carbocycles. The molecule has 3 heterocycles. The minimum absolute atomic E-state index is 0.876. The van der Waals surface area contributed by atoms with E-state index in [1.807, 2.05) is 73.7 Å². The van der Waals surface area contributed by atoms with Crippen LogP contribution in [-0.4, -0.2) is 20.7 Å². The van der Waals surface area contributed by atoms with Crippen molar-refractivity contribution in [2.75, 3.05) is 0 Å². The molecule has 0 bridgehead atoms. The molecule has 0 aliphatic heterocycles. The van der Waals surface area contributed by atoms with Crippen LogP contribution in [0.25, 0.3) is 22.8 Å². The first-order valence-corrected chi connectivity index (χ1v) is 11.0. The van der Waals surface area contributed by atoms with Gasteiger partial charge in [0.05, 0.1) is 28.5 Å². The maximum Gasteiger partial charge on any atom is 0.0896 e. The van der Waals surface area contributed by atoms with Crippen molar-refractivity contribution in [3.63, 3.8) is 0 Å². The molecule has 166 valence electrons. The van der Waals surface area contributed by atoms with Gasteiger partial charge in [-0.25, -0.2) is 4.98 Å². The van der Waals surface area contributed by atoms with E-state index < -0.39 is 0 Å². The molecule has 0 spiro atoms. The Balaban J connectivity index is 0.000000196. The maximum absolute atomic E-state index is 4.65. The largest absolute Gasteiger partial charge is 0.255 e. The zero-order valence-corrected chi connectivity index (χ0v) is 19.9. The minimum atomic E-state index is 0.876. The third kappa shape index (κ3) is 7.32. The molecule has 0 unspecified atom stereocenters. The average Bonchev–Trinajstić information content (AvgIpc) is 2.81. The Morgan fingerprint density at radius 3 is 1.73 bits per heavy atom. The van der Waals surface area contributed by atoms with Crippen molar-refractivity contribution in [3.05, 3.63) is 108 Å². The molecule has 0 amide bonds. The number of aryl methyl sites for hydroxylation is 2. The van der Waals surface area contributed by atoms with E-state index in [0.717, 1.165) is 39.7 Å². The number of aliphatic imine (C=N–C) groups is 1. The third-order valence-corrected chi connectivity index (χ3v) is 4.73. The van der Waals surface area contributed by atoms with Gasteiger partial charge in [-0.15, -0.1) is 0 Å². The van der Waals surface area contributed by atoms with Crippen LogP contribution >= 0.6 is 0 Å². The van der Waals surface area contributed by atoms with E-state index in [0.29, 0.717) is 0 Å². The fraction of sp³-hybridized carbons (Fsp3) is 0.172. The molecule has 3 aromatic heterocycles. The van der Waals surface area contributed by atoms with Crippen LogP contribution in [0.5, 0.6) is 0 Å². The molecule has 33 heavy (non-hydrogen) atoms. The molecule has 4 nitrogen and oxygen atoms in total. The predicted molar refractivity (Wildman–Crippen MR) is 139 cm³/mol. The van der Waals surface area contributed by atoms with Gasteiger partial charge in [-0.1, -0.05) is 35.9 Å². The first kappa shape index (κ1) is 23.7. The maximum atomic E-state index is 4.65. The number of nitrogens with zero attached hydrogens (tertiary/aromatic N) is 4. The van der Waals surface area contributed by atoms with Gasteiger partial charge in [-0.05, 0) is 94.3 Å². The van der Waals surface area contributed by atoms with Gasteiger partial charge >= 0.3 is 0 Å². The van der Waals surface area contributed by atoms with Crippen LogP contribution in [0.1, 0.15) is 31.9 Å². The molecule has 0 atom stereocenters. The molecule has 4 heteroatoms. The normalized spacial score (nSPS) is 10.8. The highest BCUT2D eigenvalue weighted by atomic mass is 14.8. The van der Waals surface area contributed by atoms with E-state index in [9.17, 15) is 0 Å². The Bertz CT molecular complexity index is 1180. The summed E-state index contributed by atoms with van der Waals surface area (Å²) in [5, 5.41) is 0. The number of hydrogen-bond donors (Lipinski definition) is 0. The van der Waals surface area contributed by atoms with Crippen LogP contribution in [-0.2, 0) is 0 Å². The van der Waals surface area contributed by atoms with Gasteiger partial charge in [0.15, 0.2) is 0 Å².